The van der Waals surface area contributed by atoms with Crippen LogP contribution in [0.5, 0.6) is 0 Å². The summed E-state index contributed by atoms with van der Waals surface area (Å²) in [7, 11) is 0. The lowest BCUT2D eigenvalue weighted by Crippen LogP contribution is -2.20. The second kappa shape index (κ2) is 13.1. The highest BCUT2D eigenvalue weighted by molar-refractivity contribution is 6.11. The fourth-order valence-electron chi connectivity index (χ4n) is 5.86. The van der Waals surface area contributed by atoms with Crippen LogP contribution in [0.15, 0.2) is 181 Å². The minimum absolute atomic E-state index is 0.238. The van der Waals surface area contributed by atoms with Gasteiger partial charge in [-0.3, -0.25) is 4.79 Å². The Balaban J connectivity index is 1.21. The van der Waals surface area contributed by atoms with E-state index in [1.165, 1.54) is 5.01 Å². The number of aromatic nitrogens is 4. The number of nitrogens with zero attached hydrogens (tertiary/aromatic N) is 6. The van der Waals surface area contributed by atoms with Gasteiger partial charge in [-0.15, -0.1) is 0 Å². The van der Waals surface area contributed by atoms with E-state index in [9.17, 15) is 4.79 Å². The van der Waals surface area contributed by atoms with Crippen molar-refractivity contribution in [3.05, 3.63) is 192 Å². The number of hydrogen-bond donors (Lipinski definition) is 0. The molecule has 0 bridgehead atoms. The summed E-state index contributed by atoms with van der Waals surface area (Å²) >= 11 is 0. The molecule has 1 aliphatic rings. The third-order valence-electron chi connectivity index (χ3n) is 8.27. The van der Waals surface area contributed by atoms with Crippen LogP contribution in [-0.4, -0.2) is 36.7 Å². The summed E-state index contributed by atoms with van der Waals surface area (Å²) in [6.07, 6.45) is 9.42. The van der Waals surface area contributed by atoms with E-state index < -0.39 is 0 Å². The van der Waals surface area contributed by atoms with E-state index >= 15 is 0 Å². The largest absolute Gasteiger partial charge is 0.278 e. The summed E-state index contributed by atoms with van der Waals surface area (Å²) in [5.41, 5.74) is 8.98. The zero-order valence-corrected chi connectivity index (χ0v) is 26.4. The average Bonchev–Trinajstić information content (AvgIpc) is 3.88. The van der Waals surface area contributed by atoms with Gasteiger partial charge >= 0.3 is 0 Å². The Kier molecular flexibility index (Phi) is 7.89. The molecule has 7 nitrogen and oxygen atoms in total. The summed E-state index contributed by atoms with van der Waals surface area (Å²) in [6.45, 7) is 0. The molecule has 0 saturated heterocycles. The third-order valence-corrected chi connectivity index (χ3v) is 8.27. The van der Waals surface area contributed by atoms with Crippen molar-refractivity contribution in [3.8, 4) is 33.9 Å². The molecule has 1 amide bonds. The van der Waals surface area contributed by atoms with Crippen molar-refractivity contribution in [1.82, 2.24) is 24.6 Å². The van der Waals surface area contributed by atoms with Gasteiger partial charge in [-0.25, -0.2) is 9.36 Å². The standard InChI is InChI=1S/C42H30N6O/c49-42-34(26-35-29-46(37-22-12-4-13-23-37)44-40(35)32-18-8-2-9-19-32)27-39(31-16-6-1-7-17-31)48(42)43-28-36-30-47(38-24-14-5-15-25-38)45-41(36)33-20-10-3-11-21-33/h1-30H. The minimum Gasteiger partial charge on any atom is -0.267 e. The number of hydrazone groups is 1. The van der Waals surface area contributed by atoms with Gasteiger partial charge in [-0.05, 0) is 36.4 Å². The lowest BCUT2D eigenvalue weighted by atomic mass is 10.1. The maximum atomic E-state index is 14.3. The van der Waals surface area contributed by atoms with Crippen LogP contribution < -0.4 is 0 Å². The molecule has 0 fully saturated rings. The first-order chi connectivity index (χ1) is 24.2. The Labute approximate surface area is 284 Å². The summed E-state index contributed by atoms with van der Waals surface area (Å²) in [5, 5.41) is 16.2. The van der Waals surface area contributed by atoms with E-state index in [-0.39, 0.29) is 5.91 Å². The van der Waals surface area contributed by atoms with E-state index in [0.717, 1.165) is 50.6 Å². The Morgan fingerprint density at radius 1 is 0.510 bits per heavy atom. The van der Waals surface area contributed by atoms with Crippen LogP contribution >= 0.6 is 0 Å². The summed E-state index contributed by atoms with van der Waals surface area (Å²) in [5.74, 6) is -0.238. The highest BCUT2D eigenvalue weighted by Gasteiger charge is 2.30. The molecule has 0 atom stereocenters. The summed E-state index contributed by atoms with van der Waals surface area (Å²) in [6, 6.07) is 49.7. The first kappa shape index (κ1) is 29.5. The van der Waals surface area contributed by atoms with Crippen LogP contribution in [0.25, 0.3) is 45.7 Å². The highest BCUT2D eigenvalue weighted by atomic mass is 16.2. The van der Waals surface area contributed by atoms with Crippen LogP contribution in [0.1, 0.15) is 16.7 Å². The van der Waals surface area contributed by atoms with Gasteiger partial charge in [0.2, 0.25) is 0 Å². The number of hydrogen-bond acceptors (Lipinski definition) is 4. The van der Waals surface area contributed by atoms with Crippen molar-refractivity contribution in [2.24, 2.45) is 5.10 Å². The number of carbonyl (C=O) groups is 1. The molecule has 0 saturated carbocycles. The Morgan fingerprint density at radius 3 is 1.45 bits per heavy atom. The topological polar surface area (TPSA) is 68.3 Å². The zero-order chi connectivity index (χ0) is 33.0. The fourth-order valence-corrected chi connectivity index (χ4v) is 5.86. The van der Waals surface area contributed by atoms with E-state index in [1.54, 1.807) is 6.21 Å². The fraction of sp³-hybridized carbons (Fsp3) is 0. The van der Waals surface area contributed by atoms with E-state index in [4.69, 9.17) is 15.3 Å². The first-order valence-electron chi connectivity index (χ1n) is 16.0. The molecule has 2 aromatic heterocycles. The Morgan fingerprint density at radius 2 is 0.939 bits per heavy atom. The molecule has 0 spiro atoms. The molecular formula is C42H30N6O. The molecule has 8 rings (SSSR count). The van der Waals surface area contributed by atoms with Gasteiger partial charge in [-0.2, -0.15) is 20.3 Å². The predicted octanol–water partition coefficient (Wildman–Crippen LogP) is 8.69. The van der Waals surface area contributed by atoms with Crippen LogP contribution in [0.4, 0.5) is 0 Å². The molecular weight excluding hydrogens is 605 g/mol. The maximum absolute atomic E-state index is 14.3. The van der Waals surface area contributed by atoms with E-state index in [0.29, 0.717) is 11.3 Å². The summed E-state index contributed by atoms with van der Waals surface area (Å²) < 4.78 is 3.69. The highest BCUT2D eigenvalue weighted by Crippen LogP contribution is 2.33. The first-order valence-corrected chi connectivity index (χ1v) is 16.0. The normalized spacial score (nSPS) is 13.8. The number of benzene rings is 5. The number of para-hydroxylation sites is 2. The number of rotatable bonds is 8. The van der Waals surface area contributed by atoms with Crippen LogP contribution in [-0.2, 0) is 4.79 Å². The van der Waals surface area contributed by atoms with Gasteiger partial charge in [0.25, 0.3) is 5.91 Å². The molecule has 7 heteroatoms. The number of amides is 1. The SMILES string of the molecule is O=C1C(=Cc2cn(-c3ccccc3)nc2-c2ccccc2)C=C(c2ccccc2)N1N=Cc1cn(-c2ccccc2)nc1-c1ccccc1. The molecule has 0 aliphatic carbocycles. The maximum Gasteiger partial charge on any atom is 0.278 e. The van der Waals surface area contributed by atoms with Gasteiger partial charge in [0.1, 0.15) is 5.69 Å². The quantitative estimate of drug-likeness (QED) is 0.124. The average molecular weight is 635 g/mol. The summed E-state index contributed by atoms with van der Waals surface area (Å²) in [4.78, 5) is 14.3. The van der Waals surface area contributed by atoms with Gasteiger partial charge in [0, 0.05) is 45.8 Å². The molecule has 49 heavy (non-hydrogen) atoms. The van der Waals surface area contributed by atoms with Crippen molar-refractivity contribution >= 4 is 23.9 Å². The monoisotopic (exact) mass is 634 g/mol. The molecule has 234 valence electrons. The molecule has 0 radical (unpaired) electrons. The van der Waals surface area contributed by atoms with Crippen molar-refractivity contribution in [2.45, 2.75) is 0 Å². The van der Waals surface area contributed by atoms with Crippen LogP contribution in [0.2, 0.25) is 0 Å². The second-order valence-electron chi connectivity index (χ2n) is 11.5. The molecule has 0 unspecified atom stereocenters. The molecule has 1 aliphatic heterocycles. The van der Waals surface area contributed by atoms with Crippen molar-refractivity contribution < 1.29 is 4.79 Å². The Hall–Kier alpha value is -6.86. The molecule has 5 aromatic carbocycles. The lowest BCUT2D eigenvalue weighted by molar-refractivity contribution is -0.123. The van der Waals surface area contributed by atoms with Crippen LogP contribution in [0, 0.1) is 0 Å². The van der Waals surface area contributed by atoms with Crippen molar-refractivity contribution in [2.75, 3.05) is 0 Å². The Bertz CT molecular complexity index is 2320. The lowest BCUT2D eigenvalue weighted by Gasteiger charge is -2.14. The predicted molar refractivity (Wildman–Crippen MR) is 195 cm³/mol. The van der Waals surface area contributed by atoms with Gasteiger partial charge in [0.05, 0.1) is 29.0 Å². The number of carbonyl (C=O) groups excluding carboxylic acids is 1. The second-order valence-corrected chi connectivity index (χ2v) is 11.5. The smallest absolute Gasteiger partial charge is 0.267 e. The van der Waals surface area contributed by atoms with Crippen LogP contribution in [0.3, 0.4) is 0 Å². The van der Waals surface area contributed by atoms with Crippen molar-refractivity contribution in [3.63, 3.8) is 0 Å². The van der Waals surface area contributed by atoms with Gasteiger partial charge in [0.15, 0.2) is 0 Å². The zero-order valence-electron chi connectivity index (χ0n) is 26.4. The molecule has 0 N–H and O–H groups in total. The van der Waals surface area contributed by atoms with E-state index in [2.05, 4.69) is 0 Å². The third kappa shape index (κ3) is 6.04. The van der Waals surface area contributed by atoms with Crippen molar-refractivity contribution in [1.29, 1.82) is 0 Å². The van der Waals surface area contributed by atoms with Gasteiger partial charge < -0.3 is 0 Å². The van der Waals surface area contributed by atoms with E-state index in [1.807, 2.05) is 186 Å². The molecule has 7 aromatic rings. The minimum atomic E-state index is -0.238. The van der Waals surface area contributed by atoms with Gasteiger partial charge in [-0.1, -0.05) is 127 Å². The molecule has 3 heterocycles.